The SMILES string of the molecule is COC(=O)C(=O)C(=N)c1ccccc1. The third kappa shape index (κ3) is 2.04. The van der Waals surface area contributed by atoms with Gasteiger partial charge in [0.2, 0.25) is 0 Å². The molecule has 4 heteroatoms. The van der Waals surface area contributed by atoms with Crippen molar-refractivity contribution in [1.82, 2.24) is 0 Å². The molecular weight excluding hydrogens is 182 g/mol. The lowest BCUT2D eigenvalue weighted by atomic mass is 10.1. The Balaban J connectivity index is 2.87. The molecule has 0 unspecified atom stereocenters. The van der Waals surface area contributed by atoms with Crippen molar-refractivity contribution in [2.45, 2.75) is 0 Å². The van der Waals surface area contributed by atoms with Crippen LogP contribution in [0.15, 0.2) is 30.3 Å². The zero-order valence-corrected chi connectivity index (χ0v) is 7.61. The fraction of sp³-hybridized carbons (Fsp3) is 0.100. The van der Waals surface area contributed by atoms with Crippen molar-refractivity contribution in [3.05, 3.63) is 35.9 Å². The Morgan fingerprint density at radius 3 is 2.29 bits per heavy atom. The summed E-state index contributed by atoms with van der Waals surface area (Å²) in [6, 6.07) is 8.31. The molecule has 0 atom stereocenters. The number of hydrogen-bond acceptors (Lipinski definition) is 4. The molecule has 0 bridgehead atoms. The second-order valence-corrected chi connectivity index (χ2v) is 2.56. The molecule has 0 aliphatic carbocycles. The summed E-state index contributed by atoms with van der Waals surface area (Å²) in [5.41, 5.74) is 0.0559. The van der Waals surface area contributed by atoms with Gasteiger partial charge in [-0.1, -0.05) is 30.3 Å². The van der Waals surface area contributed by atoms with Crippen LogP contribution in [-0.4, -0.2) is 24.6 Å². The smallest absolute Gasteiger partial charge is 0.381 e. The summed E-state index contributed by atoms with van der Waals surface area (Å²) in [7, 11) is 1.11. The molecule has 1 aromatic carbocycles. The zero-order chi connectivity index (χ0) is 10.6. The van der Waals surface area contributed by atoms with E-state index >= 15 is 0 Å². The summed E-state index contributed by atoms with van der Waals surface area (Å²) in [6.07, 6.45) is 0. The van der Waals surface area contributed by atoms with Crippen LogP contribution in [-0.2, 0) is 14.3 Å². The zero-order valence-electron chi connectivity index (χ0n) is 7.61. The fourth-order valence-corrected chi connectivity index (χ4v) is 0.931. The van der Waals surface area contributed by atoms with Gasteiger partial charge in [0.15, 0.2) is 0 Å². The molecule has 14 heavy (non-hydrogen) atoms. The molecular formula is C10H9NO3. The number of esters is 1. The van der Waals surface area contributed by atoms with E-state index in [-0.39, 0.29) is 5.71 Å². The minimum atomic E-state index is -1.01. The molecule has 0 radical (unpaired) electrons. The third-order valence-corrected chi connectivity index (χ3v) is 1.66. The van der Waals surface area contributed by atoms with Gasteiger partial charge >= 0.3 is 5.97 Å². The molecule has 0 aromatic heterocycles. The molecule has 4 nitrogen and oxygen atoms in total. The quantitative estimate of drug-likeness (QED) is 0.436. The number of Topliss-reactive ketones (excluding diaryl/α,β-unsaturated/α-hetero) is 1. The molecule has 0 spiro atoms. The second kappa shape index (κ2) is 4.32. The standard InChI is InChI=1S/C10H9NO3/c1-14-10(13)9(12)8(11)7-5-3-2-4-6-7/h2-6,11H,1H3. The molecule has 0 heterocycles. The third-order valence-electron chi connectivity index (χ3n) is 1.66. The summed E-state index contributed by atoms with van der Waals surface area (Å²) >= 11 is 0. The molecule has 1 rings (SSSR count). The highest BCUT2D eigenvalue weighted by Crippen LogP contribution is 2.01. The van der Waals surface area contributed by atoms with Crippen molar-refractivity contribution in [3.63, 3.8) is 0 Å². The van der Waals surface area contributed by atoms with Gasteiger partial charge in [-0.3, -0.25) is 10.2 Å². The monoisotopic (exact) mass is 191 g/mol. The van der Waals surface area contributed by atoms with Crippen LogP contribution in [0.3, 0.4) is 0 Å². The van der Waals surface area contributed by atoms with Crippen molar-refractivity contribution in [2.75, 3.05) is 7.11 Å². The number of carbonyl (C=O) groups is 2. The van der Waals surface area contributed by atoms with Crippen LogP contribution in [0.4, 0.5) is 0 Å². The number of methoxy groups -OCH3 is 1. The fourth-order valence-electron chi connectivity index (χ4n) is 0.931. The Morgan fingerprint density at radius 1 is 1.21 bits per heavy atom. The van der Waals surface area contributed by atoms with Crippen LogP contribution in [0.1, 0.15) is 5.56 Å². The average molecular weight is 191 g/mol. The van der Waals surface area contributed by atoms with Crippen molar-refractivity contribution in [2.24, 2.45) is 0 Å². The van der Waals surface area contributed by atoms with Crippen molar-refractivity contribution < 1.29 is 14.3 Å². The van der Waals surface area contributed by atoms with Crippen LogP contribution in [0.5, 0.6) is 0 Å². The van der Waals surface area contributed by atoms with Crippen LogP contribution < -0.4 is 0 Å². The van der Waals surface area contributed by atoms with Crippen LogP contribution >= 0.6 is 0 Å². The Labute approximate surface area is 81.0 Å². The highest BCUT2D eigenvalue weighted by atomic mass is 16.5. The average Bonchev–Trinajstić information content (AvgIpc) is 2.27. The lowest BCUT2D eigenvalue weighted by Crippen LogP contribution is -2.25. The highest BCUT2D eigenvalue weighted by Gasteiger charge is 2.20. The largest absolute Gasteiger partial charge is 0.463 e. The van der Waals surface area contributed by atoms with E-state index in [1.807, 2.05) is 0 Å². The molecule has 0 saturated carbocycles. The molecule has 72 valence electrons. The van der Waals surface area contributed by atoms with Gasteiger partial charge < -0.3 is 4.74 Å². The number of ketones is 1. The van der Waals surface area contributed by atoms with E-state index in [9.17, 15) is 9.59 Å². The number of benzene rings is 1. The summed E-state index contributed by atoms with van der Waals surface area (Å²) < 4.78 is 4.23. The van der Waals surface area contributed by atoms with E-state index in [1.54, 1.807) is 30.3 Å². The Hall–Kier alpha value is -1.97. The van der Waals surface area contributed by atoms with Gasteiger partial charge in [-0.05, 0) is 0 Å². The molecule has 0 saturated heterocycles. The Kier molecular flexibility index (Phi) is 3.12. The number of carbonyl (C=O) groups excluding carboxylic acids is 2. The first-order valence-electron chi connectivity index (χ1n) is 3.93. The predicted molar refractivity (Wildman–Crippen MR) is 50.3 cm³/mol. The van der Waals surface area contributed by atoms with Gasteiger partial charge in [0.25, 0.3) is 5.78 Å². The first-order chi connectivity index (χ1) is 6.66. The maximum Gasteiger partial charge on any atom is 0.381 e. The molecule has 1 N–H and O–H groups in total. The van der Waals surface area contributed by atoms with Crippen molar-refractivity contribution >= 4 is 17.5 Å². The lowest BCUT2D eigenvalue weighted by Gasteiger charge is -2.00. The number of rotatable bonds is 3. The number of hydrogen-bond donors (Lipinski definition) is 1. The first kappa shape index (κ1) is 10.1. The molecule has 0 aliphatic rings. The summed E-state index contributed by atoms with van der Waals surface area (Å²) in [4.78, 5) is 22.0. The molecule has 0 fully saturated rings. The molecule has 0 aliphatic heterocycles. The summed E-state index contributed by atoms with van der Waals surface area (Å²) in [6.45, 7) is 0. The van der Waals surface area contributed by atoms with Gasteiger partial charge in [0.05, 0.1) is 7.11 Å². The van der Waals surface area contributed by atoms with E-state index in [0.29, 0.717) is 5.56 Å². The van der Waals surface area contributed by atoms with Gasteiger partial charge in [-0.2, -0.15) is 0 Å². The minimum Gasteiger partial charge on any atom is -0.463 e. The Bertz CT molecular complexity index is 370. The van der Waals surface area contributed by atoms with Gasteiger partial charge in [-0.15, -0.1) is 0 Å². The van der Waals surface area contributed by atoms with Gasteiger partial charge in [0.1, 0.15) is 5.71 Å². The summed E-state index contributed by atoms with van der Waals surface area (Å²) in [5.74, 6) is -1.95. The van der Waals surface area contributed by atoms with Crippen LogP contribution in [0, 0.1) is 5.41 Å². The highest BCUT2D eigenvalue weighted by molar-refractivity contribution is 6.66. The normalized spacial score (nSPS) is 9.21. The number of ether oxygens (including phenoxy) is 1. The van der Waals surface area contributed by atoms with E-state index in [4.69, 9.17) is 5.41 Å². The Morgan fingerprint density at radius 2 is 1.79 bits per heavy atom. The van der Waals surface area contributed by atoms with E-state index in [1.165, 1.54) is 0 Å². The van der Waals surface area contributed by atoms with Crippen LogP contribution in [0.25, 0.3) is 0 Å². The van der Waals surface area contributed by atoms with E-state index < -0.39 is 11.8 Å². The molecule has 1 aromatic rings. The minimum absolute atomic E-state index is 0.350. The predicted octanol–water partition coefficient (Wildman–Crippen LogP) is 0.797. The maximum atomic E-state index is 11.2. The summed E-state index contributed by atoms with van der Waals surface area (Å²) in [5, 5.41) is 7.42. The van der Waals surface area contributed by atoms with Gasteiger partial charge in [-0.25, -0.2) is 4.79 Å². The van der Waals surface area contributed by atoms with Gasteiger partial charge in [0, 0.05) is 5.56 Å². The molecule has 0 amide bonds. The van der Waals surface area contributed by atoms with Crippen molar-refractivity contribution in [3.8, 4) is 0 Å². The van der Waals surface area contributed by atoms with Crippen LogP contribution in [0.2, 0.25) is 0 Å². The topological polar surface area (TPSA) is 67.2 Å². The second-order valence-electron chi connectivity index (χ2n) is 2.56. The van der Waals surface area contributed by atoms with E-state index in [2.05, 4.69) is 4.74 Å². The van der Waals surface area contributed by atoms with Crippen molar-refractivity contribution in [1.29, 1.82) is 5.41 Å². The van der Waals surface area contributed by atoms with E-state index in [0.717, 1.165) is 7.11 Å². The lowest BCUT2D eigenvalue weighted by molar-refractivity contribution is -0.148. The first-order valence-corrected chi connectivity index (χ1v) is 3.93. The maximum absolute atomic E-state index is 11.2. The number of nitrogens with one attached hydrogen (secondary N) is 1.